The third-order valence-corrected chi connectivity index (χ3v) is 3.93. The van der Waals surface area contributed by atoms with Crippen LogP contribution >= 0.6 is 11.8 Å². The predicted molar refractivity (Wildman–Crippen MR) is 80.6 cm³/mol. The molecule has 0 aliphatic rings. The minimum atomic E-state index is 0.234. The zero-order valence-electron chi connectivity index (χ0n) is 10.9. The molecule has 1 aromatic carbocycles. The van der Waals surface area contributed by atoms with Crippen molar-refractivity contribution < 1.29 is 9.84 Å². The standard InChI is InChI=1S/C14H18N2O2S/c1-18-12-4-3-10-7-11(9-19-6-2-5-17)14(15)16-13(10)8-12/h3-4,7-8,17H,2,5-6,9H2,1H3,(H2,15,16). The molecule has 0 fully saturated rings. The van der Waals surface area contributed by atoms with Crippen LogP contribution in [-0.4, -0.2) is 29.6 Å². The van der Waals surface area contributed by atoms with Crippen molar-refractivity contribution in [2.75, 3.05) is 25.2 Å². The fourth-order valence-corrected chi connectivity index (χ4v) is 2.73. The summed E-state index contributed by atoms with van der Waals surface area (Å²) in [7, 11) is 1.64. The SMILES string of the molecule is COc1ccc2cc(CSCCCO)c(N)nc2c1. The lowest BCUT2D eigenvalue weighted by Gasteiger charge is -2.08. The summed E-state index contributed by atoms with van der Waals surface area (Å²) in [5.41, 5.74) is 7.87. The fraction of sp³-hybridized carbons (Fsp3) is 0.357. The molecule has 2 aromatic rings. The molecular formula is C14H18N2O2S. The second-order valence-corrected chi connectivity index (χ2v) is 5.33. The lowest BCUT2D eigenvalue weighted by molar-refractivity contribution is 0.296. The average molecular weight is 278 g/mol. The van der Waals surface area contributed by atoms with E-state index >= 15 is 0 Å². The highest BCUT2D eigenvalue weighted by molar-refractivity contribution is 7.98. The Hall–Kier alpha value is -1.46. The molecule has 5 heteroatoms. The Balaban J connectivity index is 2.19. The minimum absolute atomic E-state index is 0.234. The molecule has 4 nitrogen and oxygen atoms in total. The summed E-state index contributed by atoms with van der Waals surface area (Å²) in [4.78, 5) is 4.42. The van der Waals surface area contributed by atoms with E-state index in [1.54, 1.807) is 18.9 Å². The smallest absolute Gasteiger partial charge is 0.128 e. The van der Waals surface area contributed by atoms with Gasteiger partial charge in [0.2, 0.25) is 0 Å². The molecule has 0 spiro atoms. The molecule has 3 N–H and O–H groups in total. The first kappa shape index (κ1) is 14.0. The average Bonchev–Trinajstić information content (AvgIpc) is 2.43. The second kappa shape index (κ2) is 6.63. The van der Waals surface area contributed by atoms with E-state index in [-0.39, 0.29) is 6.61 Å². The van der Waals surface area contributed by atoms with Crippen LogP contribution < -0.4 is 10.5 Å². The van der Waals surface area contributed by atoms with Crippen molar-refractivity contribution in [3.63, 3.8) is 0 Å². The predicted octanol–water partition coefficient (Wildman–Crippen LogP) is 2.44. The van der Waals surface area contributed by atoms with Crippen LogP contribution in [0.2, 0.25) is 0 Å². The van der Waals surface area contributed by atoms with Crippen LogP contribution in [0.15, 0.2) is 24.3 Å². The van der Waals surface area contributed by atoms with E-state index in [4.69, 9.17) is 15.6 Å². The first-order valence-corrected chi connectivity index (χ1v) is 7.32. The summed E-state index contributed by atoms with van der Waals surface area (Å²) in [6.07, 6.45) is 0.808. The van der Waals surface area contributed by atoms with Gasteiger partial charge in [0.1, 0.15) is 11.6 Å². The van der Waals surface area contributed by atoms with Crippen molar-refractivity contribution >= 4 is 28.5 Å². The third kappa shape index (κ3) is 3.52. The molecule has 0 aliphatic carbocycles. The number of benzene rings is 1. The zero-order valence-corrected chi connectivity index (χ0v) is 11.7. The van der Waals surface area contributed by atoms with E-state index < -0.39 is 0 Å². The summed E-state index contributed by atoms with van der Waals surface area (Å²) >= 11 is 1.76. The number of fused-ring (bicyclic) bond motifs is 1. The maximum atomic E-state index is 8.75. The monoisotopic (exact) mass is 278 g/mol. The van der Waals surface area contributed by atoms with Crippen molar-refractivity contribution in [1.82, 2.24) is 4.98 Å². The highest BCUT2D eigenvalue weighted by Gasteiger charge is 2.05. The van der Waals surface area contributed by atoms with Gasteiger partial charge in [-0.05, 0) is 30.4 Å². The molecule has 0 amide bonds. The summed E-state index contributed by atoms with van der Waals surface area (Å²) < 4.78 is 5.18. The fourth-order valence-electron chi connectivity index (χ4n) is 1.80. The summed E-state index contributed by atoms with van der Waals surface area (Å²) in [5, 5.41) is 9.81. The van der Waals surface area contributed by atoms with E-state index in [1.807, 2.05) is 18.2 Å². The molecule has 102 valence electrons. The van der Waals surface area contributed by atoms with E-state index in [9.17, 15) is 0 Å². The topological polar surface area (TPSA) is 68.4 Å². The van der Waals surface area contributed by atoms with Crippen molar-refractivity contribution in [3.05, 3.63) is 29.8 Å². The van der Waals surface area contributed by atoms with Crippen molar-refractivity contribution in [2.45, 2.75) is 12.2 Å². The molecule has 0 saturated carbocycles. The molecule has 0 saturated heterocycles. The van der Waals surface area contributed by atoms with E-state index in [2.05, 4.69) is 11.1 Å². The number of nitrogens with zero attached hydrogens (tertiary/aromatic N) is 1. The number of aliphatic hydroxyl groups is 1. The van der Waals surface area contributed by atoms with Gasteiger partial charge in [0.25, 0.3) is 0 Å². The van der Waals surface area contributed by atoms with Crippen LogP contribution in [0.4, 0.5) is 5.82 Å². The van der Waals surface area contributed by atoms with Gasteiger partial charge >= 0.3 is 0 Å². The van der Waals surface area contributed by atoms with E-state index in [0.717, 1.165) is 40.1 Å². The van der Waals surface area contributed by atoms with Gasteiger partial charge in [-0.1, -0.05) is 0 Å². The van der Waals surface area contributed by atoms with Crippen LogP contribution in [0, 0.1) is 0 Å². The highest BCUT2D eigenvalue weighted by Crippen LogP contribution is 2.25. The Kier molecular flexibility index (Phi) is 4.87. The van der Waals surface area contributed by atoms with Crippen LogP contribution in [0.25, 0.3) is 10.9 Å². The molecule has 0 aliphatic heterocycles. The van der Waals surface area contributed by atoms with Gasteiger partial charge in [-0.3, -0.25) is 0 Å². The Morgan fingerprint density at radius 2 is 2.21 bits per heavy atom. The molecule has 0 bridgehead atoms. The van der Waals surface area contributed by atoms with Crippen molar-refractivity contribution in [2.24, 2.45) is 0 Å². The van der Waals surface area contributed by atoms with Crippen LogP contribution in [-0.2, 0) is 5.75 Å². The van der Waals surface area contributed by atoms with Crippen LogP contribution in [0.5, 0.6) is 5.75 Å². The minimum Gasteiger partial charge on any atom is -0.497 e. The van der Waals surface area contributed by atoms with Gasteiger partial charge in [-0.2, -0.15) is 11.8 Å². The number of pyridine rings is 1. The van der Waals surface area contributed by atoms with Gasteiger partial charge in [-0.25, -0.2) is 4.98 Å². The summed E-state index contributed by atoms with van der Waals surface area (Å²) in [6, 6.07) is 7.86. The number of thioether (sulfide) groups is 1. The van der Waals surface area contributed by atoms with Gasteiger partial charge in [0.05, 0.1) is 12.6 Å². The molecule has 2 rings (SSSR count). The maximum absolute atomic E-state index is 8.75. The maximum Gasteiger partial charge on any atom is 0.128 e. The summed E-state index contributed by atoms with van der Waals surface area (Å²) in [5.74, 6) is 3.10. The lowest BCUT2D eigenvalue weighted by Crippen LogP contribution is -1.98. The van der Waals surface area contributed by atoms with Gasteiger partial charge < -0.3 is 15.6 Å². The molecule has 19 heavy (non-hydrogen) atoms. The third-order valence-electron chi connectivity index (χ3n) is 2.84. The number of methoxy groups -OCH3 is 1. The molecule has 1 aromatic heterocycles. The Morgan fingerprint density at radius 3 is 2.95 bits per heavy atom. The molecule has 0 unspecified atom stereocenters. The number of aromatic nitrogens is 1. The number of anilines is 1. The number of nitrogen functional groups attached to an aromatic ring is 1. The highest BCUT2D eigenvalue weighted by atomic mass is 32.2. The number of hydrogen-bond acceptors (Lipinski definition) is 5. The normalized spacial score (nSPS) is 10.8. The summed E-state index contributed by atoms with van der Waals surface area (Å²) in [6.45, 7) is 0.234. The Bertz CT molecular complexity index is 560. The molecule has 1 heterocycles. The molecular weight excluding hydrogens is 260 g/mol. The van der Waals surface area contributed by atoms with Gasteiger partial charge in [0.15, 0.2) is 0 Å². The lowest BCUT2D eigenvalue weighted by atomic mass is 10.1. The number of rotatable bonds is 6. The molecule has 0 radical (unpaired) electrons. The number of aliphatic hydroxyl groups excluding tert-OH is 1. The van der Waals surface area contributed by atoms with Crippen molar-refractivity contribution in [1.29, 1.82) is 0 Å². The zero-order chi connectivity index (χ0) is 13.7. The van der Waals surface area contributed by atoms with Crippen molar-refractivity contribution in [3.8, 4) is 5.75 Å². The largest absolute Gasteiger partial charge is 0.497 e. The second-order valence-electron chi connectivity index (χ2n) is 4.22. The Morgan fingerprint density at radius 1 is 1.37 bits per heavy atom. The van der Waals surface area contributed by atoms with Gasteiger partial charge in [0, 0.05) is 29.4 Å². The first-order chi connectivity index (χ1) is 9.24. The quantitative estimate of drug-likeness (QED) is 0.794. The van der Waals surface area contributed by atoms with Crippen LogP contribution in [0.1, 0.15) is 12.0 Å². The van der Waals surface area contributed by atoms with Gasteiger partial charge in [-0.15, -0.1) is 0 Å². The number of hydrogen-bond donors (Lipinski definition) is 2. The van der Waals surface area contributed by atoms with Crippen LogP contribution in [0.3, 0.4) is 0 Å². The molecule has 0 atom stereocenters. The number of ether oxygens (including phenoxy) is 1. The van der Waals surface area contributed by atoms with E-state index in [1.165, 1.54) is 0 Å². The first-order valence-electron chi connectivity index (χ1n) is 6.16. The number of nitrogens with two attached hydrogens (primary N) is 1. The Labute approximate surface area is 117 Å². The van der Waals surface area contributed by atoms with E-state index in [0.29, 0.717) is 5.82 Å².